The predicted octanol–water partition coefficient (Wildman–Crippen LogP) is 5.37. The Morgan fingerprint density at radius 1 is 1.00 bits per heavy atom. The van der Waals surface area contributed by atoms with Crippen LogP contribution in [0.3, 0.4) is 0 Å². The van der Waals surface area contributed by atoms with Gasteiger partial charge in [0.25, 0.3) is 0 Å². The molecule has 0 spiro atoms. The van der Waals surface area contributed by atoms with Gasteiger partial charge in [0.05, 0.1) is 0 Å². The lowest BCUT2D eigenvalue weighted by molar-refractivity contribution is 1.15. The van der Waals surface area contributed by atoms with Gasteiger partial charge in [-0.1, -0.05) is 45.2 Å². The van der Waals surface area contributed by atoms with Gasteiger partial charge in [-0.25, -0.2) is 0 Å². The highest BCUT2D eigenvalue weighted by Crippen LogP contribution is 2.22. The van der Waals surface area contributed by atoms with Crippen molar-refractivity contribution in [3.63, 3.8) is 0 Å². The van der Waals surface area contributed by atoms with Gasteiger partial charge in [-0.15, -0.1) is 0 Å². The minimum atomic E-state index is 0.688. The molecular formula is C13H10BrCl2N. The number of rotatable bonds is 3. The van der Waals surface area contributed by atoms with Gasteiger partial charge in [-0.3, -0.25) is 0 Å². The van der Waals surface area contributed by atoms with E-state index in [2.05, 4.69) is 21.2 Å². The fourth-order valence-corrected chi connectivity index (χ4v) is 2.30. The Kier molecular flexibility index (Phi) is 4.32. The minimum absolute atomic E-state index is 0.688. The molecule has 0 amide bonds. The van der Waals surface area contributed by atoms with Crippen LogP contribution in [0, 0.1) is 0 Å². The van der Waals surface area contributed by atoms with Crippen molar-refractivity contribution < 1.29 is 0 Å². The summed E-state index contributed by atoms with van der Waals surface area (Å²) in [6.07, 6.45) is 0. The molecule has 17 heavy (non-hydrogen) atoms. The summed E-state index contributed by atoms with van der Waals surface area (Å²) >= 11 is 15.3. The number of hydrogen-bond acceptors (Lipinski definition) is 1. The van der Waals surface area contributed by atoms with E-state index in [1.165, 1.54) is 0 Å². The van der Waals surface area contributed by atoms with Crippen LogP contribution in [0.5, 0.6) is 0 Å². The van der Waals surface area contributed by atoms with Gasteiger partial charge in [-0.2, -0.15) is 0 Å². The lowest BCUT2D eigenvalue weighted by Gasteiger charge is -2.08. The third-order valence-corrected chi connectivity index (χ3v) is 3.44. The number of benzene rings is 2. The van der Waals surface area contributed by atoms with E-state index >= 15 is 0 Å². The zero-order chi connectivity index (χ0) is 12.3. The van der Waals surface area contributed by atoms with E-state index < -0.39 is 0 Å². The molecule has 0 aliphatic carbocycles. The van der Waals surface area contributed by atoms with Crippen molar-refractivity contribution >= 4 is 44.8 Å². The monoisotopic (exact) mass is 329 g/mol. The van der Waals surface area contributed by atoms with Crippen LogP contribution < -0.4 is 5.32 Å². The zero-order valence-corrected chi connectivity index (χ0v) is 12.0. The van der Waals surface area contributed by atoms with Crippen LogP contribution in [0.2, 0.25) is 10.0 Å². The molecule has 88 valence electrons. The fraction of sp³-hybridized carbons (Fsp3) is 0.0769. The second kappa shape index (κ2) is 5.76. The van der Waals surface area contributed by atoms with Crippen LogP contribution in [0.4, 0.5) is 5.69 Å². The largest absolute Gasteiger partial charge is 0.381 e. The molecule has 2 aromatic rings. The molecule has 0 atom stereocenters. The van der Waals surface area contributed by atoms with Crippen LogP contribution >= 0.6 is 39.1 Å². The first-order chi connectivity index (χ1) is 8.15. The smallest absolute Gasteiger partial charge is 0.0467 e. The molecule has 0 radical (unpaired) electrons. The molecule has 2 rings (SSSR count). The zero-order valence-electron chi connectivity index (χ0n) is 8.88. The normalized spacial score (nSPS) is 10.3. The first kappa shape index (κ1) is 12.7. The number of halogens is 3. The van der Waals surface area contributed by atoms with Gasteiger partial charge >= 0.3 is 0 Å². The first-order valence-corrected chi connectivity index (χ1v) is 6.63. The minimum Gasteiger partial charge on any atom is -0.381 e. The Morgan fingerprint density at radius 3 is 2.35 bits per heavy atom. The maximum absolute atomic E-state index is 6.13. The Hall–Kier alpha value is -0.700. The highest BCUT2D eigenvalue weighted by molar-refractivity contribution is 9.10. The summed E-state index contributed by atoms with van der Waals surface area (Å²) in [5.41, 5.74) is 2.08. The van der Waals surface area contributed by atoms with Crippen molar-refractivity contribution in [2.45, 2.75) is 6.54 Å². The van der Waals surface area contributed by atoms with Gasteiger partial charge in [0, 0.05) is 26.8 Å². The Balaban J connectivity index is 2.04. The van der Waals surface area contributed by atoms with Crippen LogP contribution in [-0.2, 0) is 6.54 Å². The number of anilines is 1. The molecule has 4 heteroatoms. The summed E-state index contributed by atoms with van der Waals surface area (Å²) in [7, 11) is 0. The Morgan fingerprint density at radius 2 is 1.71 bits per heavy atom. The topological polar surface area (TPSA) is 12.0 Å². The van der Waals surface area contributed by atoms with Crippen molar-refractivity contribution in [3.8, 4) is 0 Å². The molecule has 0 saturated carbocycles. The number of hydrogen-bond donors (Lipinski definition) is 1. The Labute approximate surface area is 119 Å². The van der Waals surface area contributed by atoms with Gasteiger partial charge in [0.15, 0.2) is 0 Å². The molecule has 1 N–H and O–H groups in total. The molecule has 0 unspecified atom stereocenters. The number of nitrogens with one attached hydrogen (secondary N) is 1. The van der Waals surface area contributed by atoms with E-state index in [0.29, 0.717) is 6.54 Å². The molecule has 0 bridgehead atoms. The molecule has 0 fully saturated rings. The molecule has 0 aromatic heterocycles. The summed E-state index contributed by atoms with van der Waals surface area (Å²) in [4.78, 5) is 0. The summed E-state index contributed by atoms with van der Waals surface area (Å²) in [6.45, 7) is 0.688. The molecule has 0 aliphatic rings. The van der Waals surface area contributed by atoms with E-state index in [1.807, 2.05) is 42.5 Å². The van der Waals surface area contributed by atoms with Crippen molar-refractivity contribution in [2.24, 2.45) is 0 Å². The lowest BCUT2D eigenvalue weighted by atomic mass is 10.2. The standard InChI is InChI=1S/C13H10BrCl2N/c14-10-2-1-9(13(16)7-10)8-17-12-5-3-11(15)4-6-12/h1-7,17H,8H2. The van der Waals surface area contributed by atoms with Crippen LogP contribution in [-0.4, -0.2) is 0 Å². The maximum atomic E-state index is 6.13. The van der Waals surface area contributed by atoms with Gasteiger partial charge in [-0.05, 0) is 42.0 Å². The first-order valence-electron chi connectivity index (χ1n) is 5.08. The third kappa shape index (κ3) is 3.63. The average molecular weight is 331 g/mol. The van der Waals surface area contributed by atoms with Gasteiger partial charge in [0.1, 0.15) is 0 Å². The molecule has 0 heterocycles. The van der Waals surface area contributed by atoms with Gasteiger partial charge in [0.2, 0.25) is 0 Å². The predicted molar refractivity (Wildman–Crippen MR) is 77.9 cm³/mol. The van der Waals surface area contributed by atoms with Crippen LogP contribution in [0.25, 0.3) is 0 Å². The van der Waals surface area contributed by atoms with Crippen molar-refractivity contribution in [1.82, 2.24) is 0 Å². The second-order valence-electron chi connectivity index (χ2n) is 3.60. The Bertz CT molecular complexity index is 511. The average Bonchev–Trinajstić information content (AvgIpc) is 2.30. The molecule has 0 aliphatic heterocycles. The highest BCUT2D eigenvalue weighted by Gasteiger charge is 2.00. The summed E-state index contributed by atoms with van der Waals surface area (Å²) < 4.78 is 0.984. The van der Waals surface area contributed by atoms with Crippen molar-refractivity contribution in [3.05, 3.63) is 62.5 Å². The summed E-state index contributed by atoms with van der Waals surface area (Å²) in [5, 5.41) is 4.77. The van der Waals surface area contributed by atoms with Crippen LogP contribution in [0.15, 0.2) is 46.9 Å². The van der Waals surface area contributed by atoms with Crippen molar-refractivity contribution in [1.29, 1.82) is 0 Å². The van der Waals surface area contributed by atoms with E-state index in [1.54, 1.807) is 0 Å². The van der Waals surface area contributed by atoms with Crippen LogP contribution in [0.1, 0.15) is 5.56 Å². The van der Waals surface area contributed by atoms with E-state index in [4.69, 9.17) is 23.2 Å². The second-order valence-corrected chi connectivity index (χ2v) is 5.36. The fourth-order valence-electron chi connectivity index (χ4n) is 1.43. The molecule has 2 aromatic carbocycles. The van der Waals surface area contributed by atoms with Gasteiger partial charge < -0.3 is 5.32 Å². The van der Waals surface area contributed by atoms with Crippen molar-refractivity contribution in [2.75, 3.05) is 5.32 Å². The van der Waals surface area contributed by atoms with E-state index in [0.717, 1.165) is 25.8 Å². The summed E-state index contributed by atoms with van der Waals surface area (Å²) in [6, 6.07) is 13.4. The molecular weight excluding hydrogens is 321 g/mol. The van der Waals surface area contributed by atoms with E-state index in [9.17, 15) is 0 Å². The SMILES string of the molecule is Clc1ccc(NCc2ccc(Br)cc2Cl)cc1. The quantitative estimate of drug-likeness (QED) is 0.797. The third-order valence-electron chi connectivity index (χ3n) is 2.34. The molecule has 0 saturated heterocycles. The molecule has 1 nitrogen and oxygen atoms in total. The van der Waals surface area contributed by atoms with E-state index in [-0.39, 0.29) is 0 Å². The lowest BCUT2D eigenvalue weighted by Crippen LogP contribution is -1.99. The highest BCUT2D eigenvalue weighted by atomic mass is 79.9. The summed E-state index contributed by atoms with van der Waals surface area (Å²) in [5.74, 6) is 0. The maximum Gasteiger partial charge on any atom is 0.0467 e.